The Morgan fingerprint density at radius 2 is 2.33 bits per heavy atom. The number of carbonyl (C=O) groups is 1. The van der Waals surface area contributed by atoms with Crippen LogP contribution in [-0.4, -0.2) is 35.0 Å². The van der Waals surface area contributed by atoms with Gasteiger partial charge in [0.05, 0.1) is 5.92 Å². The quantitative estimate of drug-likeness (QED) is 0.372. The lowest BCUT2D eigenvalue weighted by molar-refractivity contribution is -0.143. The van der Waals surface area contributed by atoms with Gasteiger partial charge in [0.25, 0.3) is 0 Å². The minimum atomic E-state index is -0.791. The van der Waals surface area contributed by atoms with Crippen molar-refractivity contribution in [1.29, 1.82) is 5.41 Å². The van der Waals surface area contributed by atoms with E-state index in [4.69, 9.17) is 16.2 Å². The van der Waals surface area contributed by atoms with Gasteiger partial charge in [0, 0.05) is 13.1 Å². The fraction of sp³-hybridized carbons (Fsp3) is 0.714. The normalized spacial score (nSPS) is 23.7. The van der Waals surface area contributed by atoms with Crippen molar-refractivity contribution in [3.8, 4) is 0 Å². The molecule has 12 heavy (non-hydrogen) atoms. The van der Waals surface area contributed by atoms with Crippen LogP contribution in [0.4, 0.5) is 0 Å². The van der Waals surface area contributed by atoms with Gasteiger partial charge in [-0.05, 0) is 12.8 Å². The summed E-state index contributed by atoms with van der Waals surface area (Å²) >= 11 is 0. The highest BCUT2D eigenvalue weighted by atomic mass is 16.4. The number of carboxylic acids is 1. The molecule has 0 radical (unpaired) electrons. The van der Waals surface area contributed by atoms with Crippen LogP contribution in [0.2, 0.25) is 0 Å². The van der Waals surface area contributed by atoms with Crippen LogP contribution in [0.15, 0.2) is 0 Å². The van der Waals surface area contributed by atoms with Crippen molar-refractivity contribution in [3.63, 3.8) is 0 Å². The van der Waals surface area contributed by atoms with E-state index in [0.717, 1.165) is 6.42 Å². The predicted octanol–water partition coefficient (Wildman–Crippen LogP) is -0.324. The second-order valence-corrected chi connectivity index (χ2v) is 3.01. The van der Waals surface area contributed by atoms with Crippen molar-refractivity contribution in [2.75, 3.05) is 13.1 Å². The molecule has 0 saturated carbocycles. The maximum atomic E-state index is 10.6. The van der Waals surface area contributed by atoms with E-state index in [1.165, 1.54) is 0 Å². The Hall–Kier alpha value is -1.26. The first-order valence-corrected chi connectivity index (χ1v) is 3.93. The lowest BCUT2D eigenvalue weighted by Crippen LogP contribution is -2.45. The van der Waals surface area contributed by atoms with Gasteiger partial charge in [0.15, 0.2) is 5.96 Å². The molecule has 1 aliphatic rings. The molecule has 68 valence electrons. The summed E-state index contributed by atoms with van der Waals surface area (Å²) in [4.78, 5) is 12.2. The summed E-state index contributed by atoms with van der Waals surface area (Å²) < 4.78 is 0. The Labute approximate surface area is 70.7 Å². The largest absolute Gasteiger partial charge is 0.481 e. The highest BCUT2D eigenvalue weighted by Gasteiger charge is 2.25. The number of rotatable bonds is 1. The molecule has 5 heteroatoms. The third kappa shape index (κ3) is 1.87. The lowest BCUT2D eigenvalue weighted by Gasteiger charge is -2.30. The Morgan fingerprint density at radius 1 is 1.67 bits per heavy atom. The summed E-state index contributed by atoms with van der Waals surface area (Å²) in [5, 5.41) is 15.8. The van der Waals surface area contributed by atoms with E-state index in [0.29, 0.717) is 19.5 Å². The third-order valence-corrected chi connectivity index (χ3v) is 2.11. The number of nitrogens with two attached hydrogens (primary N) is 1. The summed E-state index contributed by atoms with van der Waals surface area (Å²) in [5.41, 5.74) is 5.25. The SMILES string of the molecule is N=C(N)N1CCC[C@@H](C(=O)O)C1. The van der Waals surface area contributed by atoms with Crippen LogP contribution in [0.1, 0.15) is 12.8 Å². The van der Waals surface area contributed by atoms with E-state index >= 15 is 0 Å². The van der Waals surface area contributed by atoms with Gasteiger partial charge in [-0.15, -0.1) is 0 Å². The summed E-state index contributed by atoms with van der Waals surface area (Å²) in [5.74, 6) is -1.18. The number of likely N-dealkylation sites (tertiary alicyclic amines) is 1. The molecule has 1 saturated heterocycles. The summed E-state index contributed by atoms with van der Waals surface area (Å²) in [6, 6.07) is 0. The van der Waals surface area contributed by atoms with Gasteiger partial charge >= 0.3 is 5.97 Å². The highest BCUT2D eigenvalue weighted by Crippen LogP contribution is 2.15. The average Bonchev–Trinajstić information content (AvgIpc) is 2.04. The number of hydrogen-bond acceptors (Lipinski definition) is 2. The highest BCUT2D eigenvalue weighted by molar-refractivity contribution is 5.76. The van der Waals surface area contributed by atoms with Crippen molar-refractivity contribution in [2.24, 2.45) is 11.7 Å². The summed E-state index contributed by atoms with van der Waals surface area (Å²) in [7, 11) is 0. The maximum absolute atomic E-state index is 10.6. The van der Waals surface area contributed by atoms with Gasteiger partial charge in [-0.25, -0.2) is 0 Å². The average molecular weight is 171 g/mol. The monoisotopic (exact) mass is 171 g/mol. The third-order valence-electron chi connectivity index (χ3n) is 2.11. The van der Waals surface area contributed by atoms with E-state index in [9.17, 15) is 4.79 Å². The van der Waals surface area contributed by atoms with Crippen LogP contribution in [0.25, 0.3) is 0 Å². The Bertz CT molecular complexity index is 185. The van der Waals surface area contributed by atoms with Crippen LogP contribution in [-0.2, 0) is 4.79 Å². The zero-order chi connectivity index (χ0) is 9.14. The number of carboxylic acid groups (broad SMARTS) is 1. The molecule has 0 aromatic carbocycles. The van der Waals surface area contributed by atoms with Gasteiger partial charge < -0.3 is 15.7 Å². The van der Waals surface area contributed by atoms with Crippen LogP contribution in [0.5, 0.6) is 0 Å². The molecule has 0 aliphatic carbocycles. The molecule has 0 bridgehead atoms. The van der Waals surface area contributed by atoms with Crippen LogP contribution in [0, 0.1) is 11.3 Å². The number of piperidine rings is 1. The minimum Gasteiger partial charge on any atom is -0.481 e. The molecule has 1 atom stereocenters. The topological polar surface area (TPSA) is 90.4 Å². The first-order valence-electron chi connectivity index (χ1n) is 3.93. The standard InChI is InChI=1S/C7H13N3O2/c8-7(9)10-3-1-2-5(4-10)6(11)12/h5H,1-4H2,(H3,8,9)(H,11,12)/t5-/m1/s1. The molecule has 1 rings (SSSR count). The van der Waals surface area contributed by atoms with Crippen molar-refractivity contribution < 1.29 is 9.90 Å². The molecule has 5 nitrogen and oxygen atoms in total. The Morgan fingerprint density at radius 3 is 2.83 bits per heavy atom. The molecule has 0 amide bonds. The van der Waals surface area contributed by atoms with Gasteiger partial charge in [-0.2, -0.15) is 0 Å². The van der Waals surface area contributed by atoms with Gasteiger partial charge in [0.2, 0.25) is 0 Å². The zero-order valence-corrected chi connectivity index (χ0v) is 6.79. The summed E-state index contributed by atoms with van der Waals surface area (Å²) in [6.45, 7) is 1.09. The lowest BCUT2D eigenvalue weighted by atomic mass is 9.99. The zero-order valence-electron chi connectivity index (χ0n) is 6.79. The Balaban J connectivity index is 2.51. The van der Waals surface area contributed by atoms with Crippen molar-refractivity contribution >= 4 is 11.9 Å². The molecule has 1 heterocycles. The summed E-state index contributed by atoms with van der Waals surface area (Å²) in [6.07, 6.45) is 1.50. The Kier molecular flexibility index (Phi) is 2.52. The molecule has 0 unspecified atom stereocenters. The molecule has 1 aliphatic heterocycles. The number of guanidine groups is 1. The van der Waals surface area contributed by atoms with Crippen molar-refractivity contribution in [3.05, 3.63) is 0 Å². The predicted molar refractivity (Wildman–Crippen MR) is 43.8 cm³/mol. The number of nitrogens with one attached hydrogen (secondary N) is 1. The van der Waals surface area contributed by atoms with Gasteiger partial charge in [-0.1, -0.05) is 0 Å². The van der Waals surface area contributed by atoms with Crippen LogP contribution < -0.4 is 5.73 Å². The second kappa shape index (κ2) is 3.42. The van der Waals surface area contributed by atoms with Crippen molar-refractivity contribution in [2.45, 2.75) is 12.8 Å². The van der Waals surface area contributed by atoms with Crippen LogP contribution in [0.3, 0.4) is 0 Å². The smallest absolute Gasteiger partial charge is 0.308 e. The van der Waals surface area contributed by atoms with Crippen LogP contribution >= 0.6 is 0 Å². The molecule has 4 N–H and O–H groups in total. The van der Waals surface area contributed by atoms with E-state index in [-0.39, 0.29) is 11.9 Å². The fourth-order valence-corrected chi connectivity index (χ4v) is 1.40. The molecule has 1 fully saturated rings. The molecule has 0 spiro atoms. The van der Waals surface area contributed by atoms with E-state index in [1.54, 1.807) is 4.90 Å². The van der Waals surface area contributed by atoms with E-state index in [2.05, 4.69) is 0 Å². The second-order valence-electron chi connectivity index (χ2n) is 3.01. The van der Waals surface area contributed by atoms with Crippen molar-refractivity contribution in [1.82, 2.24) is 4.90 Å². The number of nitrogens with zero attached hydrogens (tertiary/aromatic N) is 1. The van der Waals surface area contributed by atoms with Gasteiger partial charge in [-0.3, -0.25) is 10.2 Å². The van der Waals surface area contributed by atoms with E-state index < -0.39 is 5.97 Å². The van der Waals surface area contributed by atoms with E-state index in [1.807, 2.05) is 0 Å². The fourth-order valence-electron chi connectivity index (χ4n) is 1.40. The molecule has 0 aromatic heterocycles. The number of aliphatic carboxylic acids is 1. The first-order chi connectivity index (χ1) is 5.61. The molecular formula is C7H13N3O2. The van der Waals surface area contributed by atoms with Gasteiger partial charge in [0.1, 0.15) is 0 Å². The first kappa shape index (κ1) is 8.83. The number of hydrogen-bond donors (Lipinski definition) is 3. The molecule has 0 aromatic rings. The molecular weight excluding hydrogens is 158 g/mol. The minimum absolute atomic E-state index is 0.0269. The maximum Gasteiger partial charge on any atom is 0.308 e.